The minimum Gasteiger partial charge on any atom is -0.497 e. The molecule has 1 aliphatic rings. The zero-order chi connectivity index (χ0) is 20.3. The van der Waals surface area contributed by atoms with E-state index in [1.54, 1.807) is 35.7 Å². The molecule has 1 heterocycles. The fourth-order valence-corrected chi connectivity index (χ4v) is 3.28. The lowest BCUT2D eigenvalue weighted by Crippen LogP contribution is -2.44. The number of hydroxylamine groups is 1. The van der Waals surface area contributed by atoms with E-state index in [0.29, 0.717) is 31.2 Å². The van der Waals surface area contributed by atoms with E-state index in [2.05, 4.69) is 0 Å². The summed E-state index contributed by atoms with van der Waals surface area (Å²) >= 11 is 0. The first-order valence-electron chi connectivity index (χ1n) is 9.01. The van der Waals surface area contributed by atoms with Gasteiger partial charge >= 0.3 is 0 Å². The predicted octanol–water partition coefficient (Wildman–Crippen LogP) is 2.51. The number of nitrogens with zero attached hydrogens (tertiary/aromatic N) is 1. The predicted molar refractivity (Wildman–Crippen MR) is 103 cm³/mol. The highest BCUT2D eigenvalue weighted by Gasteiger charge is 2.35. The van der Waals surface area contributed by atoms with Crippen molar-refractivity contribution in [3.05, 3.63) is 59.2 Å². The monoisotopic (exact) mass is 384 g/mol. The van der Waals surface area contributed by atoms with Crippen LogP contribution < -0.4 is 15.0 Å². The van der Waals surface area contributed by atoms with E-state index in [-0.39, 0.29) is 11.5 Å². The van der Waals surface area contributed by atoms with Crippen LogP contribution in [0.4, 0.5) is 0 Å². The van der Waals surface area contributed by atoms with E-state index in [4.69, 9.17) is 14.7 Å². The van der Waals surface area contributed by atoms with Crippen molar-refractivity contribution in [3.8, 4) is 11.5 Å². The van der Waals surface area contributed by atoms with Crippen LogP contribution in [-0.4, -0.2) is 42.2 Å². The molecule has 0 fully saturated rings. The van der Waals surface area contributed by atoms with E-state index < -0.39 is 11.3 Å². The molecule has 1 aliphatic heterocycles. The van der Waals surface area contributed by atoms with Crippen molar-refractivity contribution in [3.63, 3.8) is 0 Å². The van der Waals surface area contributed by atoms with Crippen LogP contribution in [0.3, 0.4) is 0 Å². The average Bonchev–Trinajstić information content (AvgIpc) is 2.94. The Labute approximate surface area is 163 Å². The van der Waals surface area contributed by atoms with Gasteiger partial charge in [0, 0.05) is 17.7 Å². The van der Waals surface area contributed by atoms with Gasteiger partial charge in [0.15, 0.2) is 0 Å². The van der Waals surface area contributed by atoms with Gasteiger partial charge in [-0.25, -0.2) is 5.48 Å². The molecular formula is C21H24N2O5. The first-order valence-corrected chi connectivity index (χ1v) is 9.01. The maximum atomic E-state index is 13.3. The number of nitrogens with one attached hydrogen (secondary N) is 1. The maximum absolute atomic E-state index is 13.3. The number of amides is 2. The Bertz CT molecular complexity index is 894. The molecule has 2 aromatic rings. The van der Waals surface area contributed by atoms with E-state index in [9.17, 15) is 9.59 Å². The number of carbonyl (C=O) groups excluding carboxylic acids is 2. The van der Waals surface area contributed by atoms with Crippen molar-refractivity contribution in [1.82, 2.24) is 10.4 Å². The van der Waals surface area contributed by atoms with Crippen LogP contribution in [-0.2, 0) is 16.8 Å². The summed E-state index contributed by atoms with van der Waals surface area (Å²) in [6.45, 7) is 4.92. The van der Waals surface area contributed by atoms with Crippen molar-refractivity contribution in [2.75, 3.05) is 20.3 Å². The van der Waals surface area contributed by atoms with Gasteiger partial charge in [-0.05, 0) is 43.7 Å². The number of fused-ring (bicyclic) bond motifs is 1. The topological polar surface area (TPSA) is 88.1 Å². The first kappa shape index (κ1) is 19.7. The average molecular weight is 384 g/mol. The highest BCUT2D eigenvalue weighted by atomic mass is 16.5. The van der Waals surface area contributed by atoms with E-state index in [1.165, 1.54) is 0 Å². The molecule has 0 saturated carbocycles. The number of carbonyl (C=O) groups is 2. The summed E-state index contributed by atoms with van der Waals surface area (Å²) in [5.41, 5.74) is 2.84. The third-order valence-electron chi connectivity index (χ3n) is 5.02. The number of methoxy groups -OCH3 is 1. The molecule has 0 aliphatic carbocycles. The number of hydrogen-bond donors (Lipinski definition) is 2. The fourth-order valence-electron chi connectivity index (χ4n) is 3.28. The largest absolute Gasteiger partial charge is 0.497 e. The van der Waals surface area contributed by atoms with Crippen LogP contribution in [0.1, 0.15) is 35.3 Å². The quantitative estimate of drug-likeness (QED) is 0.625. The van der Waals surface area contributed by atoms with Crippen molar-refractivity contribution < 1.29 is 24.3 Å². The van der Waals surface area contributed by atoms with E-state index in [1.807, 2.05) is 38.1 Å². The Hall–Kier alpha value is -3.06. The summed E-state index contributed by atoms with van der Waals surface area (Å²) in [4.78, 5) is 26.7. The summed E-state index contributed by atoms with van der Waals surface area (Å²) in [6.07, 6.45) is 0. The highest BCUT2D eigenvalue weighted by Crippen LogP contribution is 2.31. The van der Waals surface area contributed by atoms with Crippen LogP contribution in [0.25, 0.3) is 0 Å². The second-order valence-electron chi connectivity index (χ2n) is 7.20. The van der Waals surface area contributed by atoms with Crippen LogP contribution in [0, 0.1) is 0 Å². The third-order valence-corrected chi connectivity index (χ3v) is 5.02. The van der Waals surface area contributed by atoms with E-state index >= 15 is 0 Å². The number of rotatable bonds is 4. The van der Waals surface area contributed by atoms with Gasteiger partial charge in [-0.15, -0.1) is 0 Å². The maximum Gasteiger partial charge on any atom is 0.274 e. The zero-order valence-electron chi connectivity index (χ0n) is 16.2. The number of hydrogen-bond acceptors (Lipinski definition) is 5. The molecule has 28 heavy (non-hydrogen) atoms. The molecule has 3 rings (SSSR count). The van der Waals surface area contributed by atoms with Gasteiger partial charge in [0.2, 0.25) is 5.91 Å². The van der Waals surface area contributed by atoms with Crippen LogP contribution >= 0.6 is 0 Å². The van der Waals surface area contributed by atoms with E-state index in [0.717, 1.165) is 11.1 Å². The van der Waals surface area contributed by atoms with Gasteiger partial charge in [-0.1, -0.05) is 18.2 Å². The van der Waals surface area contributed by atoms with Crippen molar-refractivity contribution >= 4 is 11.8 Å². The summed E-state index contributed by atoms with van der Waals surface area (Å²) in [7, 11) is 1.60. The molecule has 2 aromatic carbocycles. The molecule has 0 aromatic heterocycles. The van der Waals surface area contributed by atoms with Crippen molar-refractivity contribution in [1.29, 1.82) is 0 Å². The molecule has 0 bridgehead atoms. The van der Waals surface area contributed by atoms with Gasteiger partial charge in [-0.2, -0.15) is 0 Å². The normalized spacial score (nSPS) is 13.8. The molecule has 0 atom stereocenters. The lowest BCUT2D eigenvalue weighted by atomic mass is 9.83. The second kappa shape index (κ2) is 7.90. The summed E-state index contributed by atoms with van der Waals surface area (Å²) in [5, 5.41) is 8.80. The van der Waals surface area contributed by atoms with Gasteiger partial charge in [0.25, 0.3) is 5.91 Å². The smallest absolute Gasteiger partial charge is 0.274 e. The van der Waals surface area contributed by atoms with Crippen molar-refractivity contribution in [2.45, 2.75) is 25.8 Å². The third kappa shape index (κ3) is 3.80. The molecule has 0 saturated heterocycles. The van der Waals surface area contributed by atoms with Gasteiger partial charge in [0.05, 0.1) is 19.1 Å². The lowest BCUT2D eigenvalue weighted by Gasteiger charge is -2.31. The first-order chi connectivity index (χ1) is 13.4. The molecule has 0 radical (unpaired) electrons. The lowest BCUT2D eigenvalue weighted by molar-refractivity contribution is -0.137. The van der Waals surface area contributed by atoms with Gasteiger partial charge in [-0.3, -0.25) is 14.8 Å². The van der Waals surface area contributed by atoms with Crippen LogP contribution in [0.15, 0.2) is 42.5 Å². The standard InChI is InChI=1S/C21H24N2O5/c1-21(2,16-5-4-6-17(12-16)27-3)20(25)23-9-10-28-18-11-14(19(24)22-26)7-8-15(18)13-23/h4-8,11-12,26H,9-10,13H2,1-3H3,(H,22,24). The van der Waals surface area contributed by atoms with Gasteiger partial charge in [0.1, 0.15) is 18.1 Å². The Balaban J connectivity index is 1.85. The molecule has 148 valence electrons. The Morgan fingerprint density at radius 2 is 2.00 bits per heavy atom. The minimum absolute atomic E-state index is 0.0191. The molecule has 7 nitrogen and oxygen atoms in total. The highest BCUT2D eigenvalue weighted by molar-refractivity contribution is 5.94. The zero-order valence-corrected chi connectivity index (χ0v) is 16.2. The Morgan fingerprint density at radius 1 is 1.21 bits per heavy atom. The molecule has 0 unspecified atom stereocenters. The molecule has 7 heteroatoms. The molecule has 2 amide bonds. The summed E-state index contributed by atoms with van der Waals surface area (Å²) in [5.74, 6) is 0.616. The second-order valence-corrected chi connectivity index (χ2v) is 7.20. The van der Waals surface area contributed by atoms with Gasteiger partial charge < -0.3 is 14.4 Å². The molecular weight excluding hydrogens is 360 g/mol. The van der Waals surface area contributed by atoms with Crippen LogP contribution in [0.2, 0.25) is 0 Å². The number of ether oxygens (including phenoxy) is 2. The van der Waals surface area contributed by atoms with Crippen molar-refractivity contribution in [2.24, 2.45) is 0 Å². The Kier molecular flexibility index (Phi) is 5.56. The fraction of sp³-hybridized carbons (Fsp3) is 0.333. The number of benzene rings is 2. The van der Waals surface area contributed by atoms with Crippen LogP contribution in [0.5, 0.6) is 11.5 Å². The Morgan fingerprint density at radius 3 is 2.71 bits per heavy atom. The minimum atomic E-state index is -0.740. The molecule has 0 spiro atoms. The summed E-state index contributed by atoms with van der Waals surface area (Å²) < 4.78 is 11.0. The SMILES string of the molecule is COc1cccc(C(C)(C)C(=O)N2CCOc3cc(C(=O)NO)ccc3C2)c1. The summed E-state index contributed by atoms with van der Waals surface area (Å²) in [6, 6.07) is 12.4. The molecule has 2 N–H and O–H groups in total.